The summed E-state index contributed by atoms with van der Waals surface area (Å²) in [4.78, 5) is 21.2. The molecule has 1 unspecified atom stereocenters. The van der Waals surface area contributed by atoms with Gasteiger partial charge in [0.25, 0.3) is 0 Å². The van der Waals surface area contributed by atoms with Gasteiger partial charge in [0.1, 0.15) is 0 Å². The normalized spacial score (nSPS) is 24.6. The SMILES string of the molecule is CC(C(=O)NC1CC1)N1CCN(Cc2nc(C3CC3)no2)CC1. The molecule has 0 spiro atoms. The van der Waals surface area contributed by atoms with E-state index in [-0.39, 0.29) is 11.9 Å². The number of rotatable bonds is 6. The van der Waals surface area contributed by atoms with Gasteiger partial charge in [-0.25, -0.2) is 0 Å². The monoisotopic (exact) mass is 319 g/mol. The molecule has 3 aliphatic rings. The minimum Gasteiger partial charge on any atom is -0.352 e. The molecule has 0 bridgehead atoms. The Morgan fingerprint density at radius 3 is 2.65 bits per heavy atom. The fraction of sp³-hybridized carbons (Fsp3) is 0.812. The van der Waals surface area contributed by atoms with Crippen LogP contribution in [0.15, 0.2) is 4.52 Å². The van der Waals surface area contributed by atoms with Crippen LogP contribution in [0.2, 0.25) is 0 Å². The van der Waals surface area contributed by atoms with E-state index in [9.17, 15) is 4.79 Å². The molecule has 1 aromatic rings. The quantitative estimate of drug-likeness (QED) is 0.833. The molecular weight excluding hydrogens is 294 g/mol. The maximum atomic E-state index is 12.1. The van der Waals surface area contributed by atoms with Gasteiger partial charge in [0.05, 0.1) is 12.6 Å². The first-order valence-corrected chi connectivity index (χ1v) is 8.78. The van der Waals surface area contributed by atoms with Crippen LogP contribution < -0.4 is 5.32 Å². The summed E-state index contributed by atoms with van der Waals surface area (Å²) in [6, 6.07) is 0.395. The van der Waals surface area contributed by atoms with Gasteiger partial charge in [-0.3, -0.25) is 14.6 Å². The van der Waals surface area contributed by atoms with E-state index in [4.69, 9.17) is 4.52 Å². The molecule has 0 radical (unpaired) electrons. The van der Waals surface area contributed by atoms with E-state index in [1.807, 2.05) is 6.92 Å². The average Bonchev–Trinajstić information content (AvgIpc) is 3.49. The molecular formula is C16H25N5O2. The molecule has 3 fully saturated rings. The van der Waals surface area contributed by atoms with Crippen molar-refractivity contribution in [2.45, 2.75) is 57.2 Å². The predicted octanol–water partition coefficient (Wildman–Crippen LogP) is 0.732. The molecule has 7 nitrogen and oxygen atoms in total. The lowest BCUT2D eigenvalue weighted by molar-refractivity contribution is -0.126. The van der Waals surface area contributed by atoms with Gasteiger partial charge < -0.3 is 9.84 Å². The number of piperazine rings is 1. The topological polar surface area (TPSA) is 74.5 Å². The van der Waals surface area contributed by atoms with Crippen LogP contribution in [0, 0.1) is 0 Å². The highest BCUT2D eigenvalue weighted by atomic mass is 16.5. The second-order valence-corrected chi connectivity index (χ2v) is 7.09. The lowest BCUT2D eigenvalue weighted by atomic mass is 10.2. The first kappa shape index (κ1) is 15.1. The van der Waals surface area contributed by atoms with Crippen LogP contribution in [0.1, 0.15) is 50.2 Å². The summed E-state index contributed by atoms with van der Waals surface area (Å²) in [6.07, 6.45) is 4.66. The van der Waals surface area contributed by atoms with Gasteiger partial charge in [-0.15, -0.1) is 0 Å². The zero-order chi connectivity index (χ0) is 15.8. The van der Waals surface area contributed by atoms with Crippen molar-refractivity contribution in [1.82, 2.24) is 25.3 Å². The standard InChI is InChI=1S/C16H25N5O2/c1-11(16(22)17-13-4-5-13)21-8-6-20(7-9-21)10-14-18-15(19-23-14)12-2-3-12/h11-13H,2-10H2,1H3,(H,17,22). The predicted molar refractivity (Wildman–Crippen MR) is 83.7 cm³/mol. The molecule has 1 N–H and O–H groups in total. The van der Waals surface area contributed by atoms with Crippen molar-refractivity contribution < 1.29 is 9.32 Å². The molecule has 2 saturated carbocycles. The number of hydrogen-bond acceptors (Lipinski definition) is 6. The van der Waals surface area contributed by atoms with E-state index in [0.717, 1.165) is 57.3 Å². The van der Waals surface area contributed by atoms with Gasteiger partial charge in [0.2, 0.25) is 11.8 Å². The van der Waals surface area contributed by atoms with Crippen LogP contribution in [0.4, 0.5) is 0 Å². The van der Waals surface area contributed by atoms with Gasteiger partial charge in [0, 0.05) is 38.1 Å². The van der Waals surface area contributed by atoms with Crippen LogP contribution in [0.5, 0.6) is 0 Å². The fourth-order valence-electron chi connectivity index (χ4n) is 3.05. The third-order valence-electron chi connectivity index (χ3n) is 5.04. The van der Waals surface area contributed by atoms with Gasteiger partial charge in [-0.05, 0) is 32.6 Å². The molecule has 2 heterocycles. The Hall–Kier alpha value is -1.47. The molecule has 1 saturated heterocycles. The molecule has 2 aliphatic carbocycles. The number of hydrogen-bond donors (Lipinski definition) is 1. The zero-order valence-electron chi connectivity index (χ0n) is 13.7. The highest BCUT2D eigenvalue weighted by Crippen LogP contribution is 2.38. The molecule has 1 aromatic heterocycles. The molecule has 1 amide bonds. The molecule has 1 atom stereocenters. The van der Waals surface area contributed by atoms with E-state index in [0.29, 0.717) is 12.0 Å². The smallest absolute Gasteiger partial charge is 0.240 e. The highest BCUT2D eigenvalue weighted by molar-refractivity contribution is 5.81. The molecule has 1 aliphatic heterocycles. The van der Waals surface area contributed by atoms with Crippen LogP contribution >= 0.6 is 0 Å². The summed E-state index contributed by atoms with van der Waals surface area (Å²) in [5.41, 5.74) is 0. The number of amides is 1. The number of nitrogens with zero attached hydrogens (tertiary/aromatic N) is 4. The molecule has 4 rings (SSSR count). The van der Waals surface area contributed by atoms with E-state index in [1.165, 1.54) is 12.8 Å². The van der Waals surface area contributed by atoms with E-state index < -0.39 is 0 Å². The van der Waals surface area contributed by atoms with Crippen LogP contribution in [-0.4, -0.2) is 64.1 Å². The van der Waals surface area contributed by atoms with Crippen molar-refractivity contribution in [3.05, 3.63) is 11.7 Å². The van der Waals surface area contributed by atoms with Crippen LogP contribution in [-0.2, 0) is 11.3 Å². The first-order valence-electron chi connectivity index (χ1n) is 8.78. The minimum absolute atomic E-state index is 0.0392. The molecule has 23 heavy (non-hydrogen) atoms. The van der Waals surface area contributed by atoms with Crippen molar-refractivity contribution in [1.29, 1.82) is 0 Å². The first-order chi connectivity index (χ1) is 11.2. The maximum absolute atomic E-state index is 12.1. The molecule has 7 heteroatoms. The lowest BCUT2D eigenvalue weighted by Crippen LogP contribution is -2.53. The Bertz CT molecular complexity index is 559. The number of nitrogens with one attached hydrogen (secondary N) is 1. The summed E-state index contributed by atoms with van der Waals surface area (Å²) in [5.74, 6) is 2.31. The maximum Gasteiger partial charge on any atom is 0.240 e. The van der Waals surface area contributed by atoms with Gasteiger partial charge in [-0.1, -0.05) is 5.16 Å². The second-order valence-electron chi connectivity index (χ2n) is 7.09. The Morgan fingerprint density at radius 2 is 2.00 bits per heavy atom. The van der Waals surface area contributed by atoms with E-state index in [1.54, 1.807) is 0 Å². The number of carbonyl (C=O) groups is 1. The van der Waals surface area contributed by atoms with Crippen molar-refractivity contribution in [2.75, 3.05) is 26.2 Å². The average molecular weight is 319 g/mol. The molecule has 0 aromatic carbocycles. The summed E-state index contributed by atoms with van der Waals surface area (Å²) < 4.78 is 5.35. The Morgan fingerprint density at radius 1 is 1.26 bits per heavy atom. The number of carbonyl (C=O) groups excluding carboxylic acids is 1. The third-order valence-corrected chi connectivity index (χ3v) is 5.04. The summed E-state index contributed by atoms with van der Waals surface area (Å²) in [5, 5.41) is 7.16. The van der Waals surface area contributed by atoms with Crippen molar-refractivity contribution in [2.24, 2.45) is 0 Å². The lowest BCUT2D eigenvalue weighted by Gasteiger charge is -2.36. The van der Waals surface area contributed by atoms with Crippen molar-refractivity contribution >= 4 is 5.91 Å². The van der Waals surface area contributed by atoms with E-state index >= 15 is 0 Å². The van der Waals surface area contributed by atoms with Crippen LogP contribution in [0.25, 0.3) is 0 Å². The van der Waals surface area contributed by atoms with Crippen molar-refractivity contribution in [3.63, 3.8) is 0 Å². The Labute approximate surface area is 136 Å². The Kier molecular flexibility index (Phi) is 4.07. The summed E-state index contributed by atoms with van der Waals surface area (Å²) in [7, 11) is 0. The Balaban J connectivity index is 1.24. The summed E-state index contributed by atoms with van der Waals surface area (Å²) >= 11 is 0. The van der Waals surface area contributed by atoms with Gasteiger partial charge in [0.15, 0.2) is 5.82 Å². The zero-order valence-corrected chi connectivity index (χ0v) is 13.7. The number of aromatic nitrogens is 2. The third kappa shape index (κ3) is 3.72. The van der Waals surface area contributed by atoms with Gasteiger partial charge in [-0.2, -0.15) is 4.98 Å². The van der Waals surface area contributed by atoms with E-state index in [2.05, 4.69) is 25.3 Å². The largest absolute Gasteiger partial charge is 0.352 e. The highest BCUT2D eigenvalue weighted by Gasteiger charge is 2.31. The fourth-order valence-corrected chi connectivity index (χ4v) is 3.05. The van der Waals surface area contributed by atoms with Crippen molar-refractivity contribution in [3.8, 4) is 0 Å². The minimum atomic E-state index is -0.0392. The van der Waals surface area contributed by atoms with Crippen LogP contribution in [0.3, 0.4) is 0 Å². The summed E-state index contributed by atoms with van der Waals surface area (Å²) in [6.45, 7) is 6.40. The molecule has 126 valence electrons. The van der Waals surface area contributed by atoms with Gasteiger partial charge >= 0.3 is 0 Å². The second kappa shape index (κ2) is 6.20.